The summed E-state index contributed by atoms with van der Waals surface area (Å²) in [5.74, 6) is 0.735. The van der Waals surface area contributed by atoms with E-state index in [1.807, 2.05) is 4.57 Å². The number of imidazole rings is 1. The molecule has 10 nitrogen and oxygen atoms in total. The Morgan fingerprint density at radius 2 is 1.65 bits per heavy atom. The summed E-state index contributed by atoms with van der Waals surface area (Å²) in [5.41, 5.74) is 7.18. The molecule has 0 bridgehead atoms. The Balaban J connectivity index is 1.50. The number of anilines is 3. The van der Waals surface area contributed by atoms with Crippen LogP contribution in [0.4, 0.5) is 17.6 Å². The monoisotopic (exact) mass is 585 g/mol. The van der Waals surface area contributed by atoms with Crippen LogP contribution in [0.1, 0.15) is 44.6 Å². The van der Waals surface area contributed by atoms with E-state index in [9.17, 15) is 13.2 Å². The van der Waals surface area contributed by atoms with Crippen molar-refractivity contribution in [1.29, 1.82) is 0 Å². The highest BCUT2D eigenvalue weighted by Crippen LogP contribution is 2.40. The number of primary amides is 1. The van der Waals surface area contributed by atoms with Gasteiger partial charge in [-0.25, -0.2) is 18.4 Å². The van der Waals surface area contributed by atoms with Crippen LogP contribution in [0.3, 0.4) is 0 Å². The third kappa shape index (κ3) is 5.74. The molecular formula is C23H26Cl3N7O3S. The summed E-state index contributed by atoms with van der Waals surface area (Å²) in [6.07, 6.45) is 5.38. The number of halogens is 3. The number of nitrogens with zero attached hydrogens (tertiary/aromatic N) is 4. The molecule has 1 saturated carbocycles. The zero-order valence-electron chi connectivity index (χ0n) is 19.8. The lowest BCUT2D eigenvalue weighted by molar-refractivity contribution is -0.122. The number of hydrogen-bond donors (Lipinski definition) is 3. The SMILES string of the molecule is NC(=O)[C@H]1CC[C@H](n2c(Nc3c(Cl)cc(Cl)cc3Cl)nc3cnc(NC4CCS(=O)(=O)CC4)nc32)CC1. The van der Waals surface area contributed by atoms with E-state index in [0.717, 1.165) is 0 Å². The first-order valence-electron chi connectivity index (χ1n) is 12.0. The molecule has 1 aliphatic heterocycles. The summed E-state index contributed by atoms with van der Waals surface area (Å²) in [6, 6.07) is 3.14. The van der Waals surface area contributed by atoms with Crippen LogP contribution in [0, 0.1) is 5.92 Å². The van der Waals surface area contributed by atoms with E-state index >= 15 is 0 Å². The highest BCUT2D eigenvalue weighted by Gasteiger charge is 2.30. The van der Waals surface area contributed by atoms with Gasteiger partial charge in [0.25, 0.3) is 0 Å². The van der Waals surface area contributed by atoms with Crippen LogP contribution in [-0.4, -0.2) is 51.4 Å². The van der Waals surface area contributed by atoms with Crippen LogP contribution >= 0.6 is 34.8 Å². The molecule has 0 atom stereocenters. The molecule has 3 aromatic rings. The van der Waals surface area contributed by atoms with Crippen LogP contribution in [0.15, 0.2) is 18.3 Å². The number of hydrogen-bond acceptors (Lipinski definition) is 8. The van der Waals surface area contributed by atoms with Crippen molar-refractivity contribution in [1.82, 2.24) is 19.5 Å². The number of sulfone groups is 1. The fourth-order valence-electron chi connectivity index (χ4n) is 5.00. The van der Waals surface area contributed by atoms with Gasteiger partial charge in [0.05, 0.1) is 33.4 Å². The van der Waals surface area contributed by atoms with Gasteiger partial charge in [-0.1, -0.05) is 34.8 Å². The second-order valence-corrected chi connectivity index (χ2v) is 13.1. The lowest BCUT2D eigenvalue weighted by Gasteiger charge is -2.29. The number of carbonyl (C=O) groups excluding carboxylic acids is 1. The van der Waals surface area contributed by atoms with Crippen molar-refractivity contribution >= 4 is 79.3 Å². The standard InChI is InChI=1S/C23H26Cl3N7O3S/c24-13-9-16(25)19(17(26)10-13)31-23-30-18-11-28-22(29-14-5-7-37(35,36)8-6-14)32-21(18)33(23)15-3-1-12(2-4-15)20(27)34/h9-12,14-15H,1-8H2,(H2,27,34)(H,30,31)(H,28,29,32)/t12-,15-. The average Bonchev–Trinajstić information content (AvgIpc) is 3.20. The second kappa shape index (κ2) is 10.4. The van der Waals surface area contributed by atoms with Crippen LogP contribution in [0.25, 0.3) is 11.2 Å². The summed E-state index contributed by atoms with van der Waals surface area (Å²) in [4.78, 5) is 25.6. The minimum atomic E-state index is -2.98. The Bertz CT molecular complexity index is 1420. The van der Waals surface area contributed by atoms with E-state index in [1.54, 1.807) is 18.3 Å². The summed E-state index contributed by atoms with van der Waals surface area (Å²) in [7, 11) is -2.98. The molecule has 37 heavy (non-hydrogen) atoms. The Morgan fingerprint density at radius 1 is 1.00 bits per heavy atom. The maximum Gasteiger partial charge on any atom is 0.224 e. The number of nitrogens with two attached hydrogens (primary N) is 1. The van der Waals surface area contributed by atoms with Gasteiger partial charge in [0.2, 0.25) is 17.8 Å². The van der Waals surface area contributed by atoms with Crippen molar-refractivity contribution in [2.24, 2.45) is 11.7 Å². The molecule has 2 aliphatic rings. The molecule has 2 fully saturated rings. The van der Waals surface area contributed by atoms with Crippen LogP contribution < -0.4 is 16.4 Å². The van der Waals surface area contributed by atoms with Crippen LogP contribution in [0.2, 0.25) is 15.1 Å². The Kier molecular flexibility index (Phi) is 7.41. The van der Waals surface area contributed by atoms with Crippen molar-refractivity contribution in [3.8, 4) is 0 Å². The van der Waals surface area contributed by atoms with Gasteiger partial charge in [0, 0.05) is 23.0 Å². The topological polar surface area (TPSA) is 145 Å². The zero-order valence-corrected chi connectivity index (χ0v) is 22.8. The van der Waals surface area contributed by atoms with Crippen molar-refractivity contribution in [2.75, 3.05) is 22.1 Å². The molecule has 1 amide bonds. The number of rotatable bonds is 6. The lowest BCUT2D eigenvalue weighted by Crippen LogP contribution is -2.32. The molecule has 198 valence electrons. The first kappa shape index (κ1) is 26.3. The van der Waals surface area contributed by atoms with E-state index in [2.05, 4.69) is 15.6 Å². The minimum absolute atomic E-state index is 0.00414. The van der Waals surface area contributed by atoms with Gasteiger partial charge < -0.3 is 16.4 Å². The van der Waals surface area contributed by atoms with Gasteiger partial charge >= 0.3 is 0 Å². The molecule has 0 unspecified atom stereocenters. The molecule has 1 aromatic carbocycles. The first-order valence-corrected chi connectivity index (χ1v) is 15.0. The maximum absolute atomic E-state index is 11.8. The predicted molar refractivity (Wildman–Crippen MR) is 146 cm³/mol. The van der Waals surface area contributed by atoms with Gasteiger partial charge in [-0.3, -0.25) is 9.36 Å². The third-order valence-corrected chi connectivity index (χ3v) is 9.56. The van der Waals surface area contributed by atoms with E-state index in [1.165, 1.54) is 0 Å². The summed E-state index contributed by atoms with van der Waals surface area (Å²) in [6.45, 7) is 0. The Labute approximate surface area is 229 Å². The molecule has 3 heterocycles. The fourth-order valence-corrected chi connectivity index (χ4v) is 7.41. The Hall–Kier alpha value is -2.34. The van der Waals surface area contributed by atoms with Crippen molar-refractivity contribution in [2.45, 2.75) is 50.6 Å². The van der Waals surface area contributed by atoms with Gasteiger partial charge in [0.15, 0.2) is 5.65 Å². The number of nitrogens with one attached hydrogen (secondary N) is 2. The van der Waals surface area contributed by atoms with Gasteiger partial charge in [0.1, 0.15) is 15.4 Å². The largest absolute Gasteiger partial charge is 0.369 e. The number of benzene rings is 1. The summed E-state index contributed by atoms with van der Waals surface area (Å²) >= 11 is 18.9. The van der Waals surface area contributed by atoms with Crippen molar-refractivity contribution < 1.29 is 13.2 Å². The van der Waals surface area contributed by atoms with Crippen LogP contribution in [-0.2, 0) is 14.6 Å². The van der Waals surface area contributed by atoms with Gasteiger partial charge in [-0.05, 0) is 50.7 Å². The molecular weight excluding hydrogens is 561 g/mol. The van der Waals surface area contributed by atoms with E-state index in [4.69, 9.17) is 50.5 Å². The number of amides is 1. The Morgan fingerprint density at radius 3 is 2.27 bits per heavy atom. The normalized spacial score (nSPS) is 22.1. The molecule has 0 radical (unpaired) electrons. The number of carbonyl (C=O) groups is 1. The predicted octanol–water partition coefficient (Wildman–Crippen LogP) is 4.74. The smallest absolute Gasteiger partial charge is 0.224 e. The quantitative estimate of drug-likeness (QED) is 0.376. The van der Waals surface area contributed by atoms with Crippen molar-refractivity contribution in [3.05, 3.63) is 33.4 Å². The van der Waals surface area contributed by atoms with E-state index < -0.39 is 9.84 Å². The highest BCUT2D eigenvalue weighted by atomic mass is 35.5. The maximum atomic E-state index is 11.8. The zero-order chi connectivity index (χ0) is 26.3. The van der Waals surface area contributed by atoms with Gasteiger partial charge in [-0.15, -0.1) is 0 Å². The van der Waals surface area contributed by atoms with E-state index in [-0.39, 0.29) is 35.4 Å². The lowest BCUT2D eigenvalue weighted by atomic mass is 9.85. The molecule has 4 N–H and O–H groups in total. The molecule has 1 aliphatic carbocycles. The molecule has 0 spiro atoms. The highest BCUT2D eigenvalue weighted by molar-refractivity contribution is 7.91. The summed E-state index contributed by atoms with van der Waals surface area (Å²) < 4.78 is 25.6. The van der Waals surface area contributed by atoms with E-state index in [0.29, 0.717) is 82.3 Å². The second-order valence-electron chi connectivity index (χ2n) is 9.56. The minimum Gasteiger partial charge on any atom is -0.369 e. The molecule has 14 heteroatoms. The summed E-state index contributed by atoms with van der Waals surface area (Å²) in [5, 5.41) is 7.63. The number of fused-ring (bicyclic) bond motifs is 1. The fraction of sp³-hybridized carbons (Fsp3) is 0.478. The van der Waals surface area contributed by atoms with Gasteiger partial charge in [-0.2, -0.15) is 4.98 Å². The molecule has 5 rings (SSSR count). The average molecular weight is 587 g/mol. The molecule has 2 aromatic heterocycles. The molecule has 1 saturated heterocycles. The first-order chi connectivity index (χ1) is 17.6. The number of aromatic nitrogens is 4. The third-order valence-electron chi connectivity index (χ3n) is 7.03. The van der Waals surface area contributed by atoms with Crippen molar-refractivity contribution in [3.63, 3.8) is 0 Å². The van der Waals surface area contributed by atoms with Crippen LogP contribution in [0.5, 0.6) is 0 Å².